The summed E-state index contributed by atoms with van der Waals surface area (Å²) in [6.07, 6.45) is -2.80. The van der Waals surface area contributed by atoms with E-state index in [0.717, 1.165) is 5.69 Å². The van der Waals surface area contributed by atoms with Gasteiger partial charge in [0.25, 0.3) is 0 Å². The van der Waals surface area contributed by atoms with Gasteiger partial charge in [0.2, 0.25) is 5.91 Å². The third-order valence-electron chi connectivity index (χ3n) is 4.28. The monoisotopic (exact) mass is 470 g/mol. The molecule has 1 aromatic carbocycles. The zero-order chi connectivity index (χ0) is 22.7. The van der Waals surface area contributed by atoms with Gasteiger partial charge in [-0.25, -0.2) is 0 Å². The number of nitrogens with zero attached hydrogens (tertiary/aromatic N) is 2. The molecule has 3 atom stereocenters. The fourth-order valence-corrected chi connectivity index (χ4v) is 3.94. The second kappa shape index (κ2) is 12.5. The van der Waals surface area contributed by atoms with Crippen LogP contribution in [-0.4, -0.2) is 40.8 Å². The normalized spacial score (nSPS) is 14.3. The van der Waals surface area contributed by atoms with Crippen LogP contribution in [0.3, 0.4) is 0 Å². The molecule has 31 heavy (non-hydrogen) atoms. The molecule has 2 rings (SSSR count). The molecule has 1 heterocycles. The van der Waals surface area contributed by atoms with Gasteiger partial charge in [0.15, 0.2) is 0 Å². The lowest BCUT2D eigenvalue weighted by Crippen LogP contribution is -2.52. The number of nitriles is 1. The molecule has 2 aromatic rings. The van der Waals surface area contributed by atoms with E-state index in [2.05, 4.69) is 15.6 Å². The molecule has 1 aromatic heterocycles. The van der Waals surface area contributed by atoms with Crippen LogP contribution in [0.4, 0.5) is 13.2 Å². The minimum Gasteiger partial charge on any atom is -0.339 e. The van der Waals surface area contributed by atoms with E-state index in [1.165, 1.54) is 36.0 Å². The maximum atomic E-state index is 13.8. The van der Waals surface area contributed by atoms with Crippen LogP contribution in [0.2, 0.25) is 0 Å². The zero-order valence-electron chi connectivity index (χ0n) is 16.5. The number of amides is 1. The Kier molecular flexibility index (Phi) is 10.1. The van der Waals surface area contributed by atoms with Crippen LogP contribution in [0.1, 0.15) is 23.7 Å². The molecule has 2 N–H and O–H groups in total. The summed E-state index contributed by atoms with van der Waals surface area (Å²) in [4.78, 5) is 16.9. The maximum absolute atomic E-state index is 13.8. The highest BCUT2D eigenvalue weighted by Gasteiger charge is 2.42. The lowest BCUT2D eigenvalue weighted by atomic mass is 10.1. The van der Waals surface area contributed by atoms with Crippen molar-refractivity contribution in [1.82, 2.24) is 15.6 Å². The molecule has 0 saturated heterocycles. The summed E-state index contributed by atoms with van der Waals surface area (Å²) >= 11 is 6.91. The second-order valence-corrected chi connectivity index (χ2v) is 8.02. The second-order valence-electron chi connectivity index (χ2n) is 6.61. The number of hydrogen-bond donors (Lipinski definition) is 2. The Hall–Kier alpha value is -2.28. The average Bonchev–Trinajstić information content (AvgIpc) is 2.76. The van der Waals surface area contributed by atoms with E-state index in [4.69, 9.17) is 16.9 Å². The van der Waals surface area contributed by atoms with Crippen molar-refractivity contribution in [2.75, 3.05) is 11.6 Å². The van der Waals surface area contributed by atoms with E-state index in [1.807, 2.05) is 12.1 Å². The molecule has 10 heteroatoms. The van der Waals surface area contributed by atoms with Crippen molar-refractivity contribution in [2.24, 2.45) is 0 Å². The molecule has 166 valence electrons. The molecule has 1 amide bonds. The summed E-state index contributed by atoms with van der Waals surface area (Å²) in [5.74, 6) is -0.0611. The van der Waals surface area contributed by atoms with Crippen molar-refractivity contribution in [2.45, 2.75) is 36.5 Å². The van der Waals surface area contributed by atoms with E-state index in [-0.39, 0.29) is 23.6 Å². The number of benzene rings is 1. The molecule has 1 unspecified atom stereocenters. The SMILES string of the molecule is N#CC(CCCl)NC(=O)[C@H](CSCc1ccccn1)N[C@@H](c1ccccc1)C(F)(F)F. The third kappa shape index (κ3) is 8.40. The molecule has 0 saturated carbocycles. The van der Waals surface area contributed by atoms with Crippen molar-refractivity contribution in [1.29, 1.82) is 5.26 Å². The number of carbonyl (C=O) groups excluding carboxylic acids is 1. The summed E-state index contributed by atoms with van der Waals surface area (Å²) in [6, 6.07) is 10.5. The smallest absolute Gasteiger partial charge is 0.339 e. The number of nitrogens with one attached hydrogen (secondary N) is 2. The highest BCUT2D eigenvalue weighted by Crippen LogP contribution is 2.33. The molecule has 0 radical (unpaired) electrons. The number of thioether (sulfide) groups is 1. The number of rotatable bonds is 11. The molecule has 5 nitrogen and oxygen atoms in total. The van der Waals surface area contributed by atoms with Crippen molar-refractivity contribution in [3.05, 3.63) is 66.0 Å². The van der Waals surface area contributed by atoms with Crippen LogP contribution in [-0.2, 0) is 10.5 Å². The number of aromatic nitrogens is 1. The van der Waals surface area contributed by atoms with Crippen molar-refractivity contribution < 1.29 is 18.0 Å². The Morgan fingerprint density at radius 2 is 1.90 bits per heavy atom. The van der Waals surface area contributed by atoms with Crippen molar-refractivity contribution in [3.63, 3.8) is 0 Å². The van der Waals surface area contributed by atoms with Gasteiger partial charge in [-0.1, -0.05) is 36.4 Å². The maximum Gasteiger partial charge on any atom is 0.407 e. The number of carbonyl (C=O) groups is 1. The summed E-state index contributed by atoms with van der Waals surface area (Å²) in [7, 11) is 0. The first-order valence-corrected chi connectivity index (χ1v) is 11.2. The Bertz CT molecular complexity index is 849. The summed E-state index contributed by atoms with van der Waals surface area (Å²) in [6.45, 7) is 0. The van der Waals surface area contributed by atoms with Crippen LogP contribution in [0, 0.1) is 11.3 Å². The number of alkyl halides is 4. The highest BCUT2D eigenvalue weighted by molar-refractivity contribution is 7.98. The van der Waals surface area contributed by atoms with E-state index < -0.39 is 30.2 Å². The van der Waals surface area contributed by atoms with Crippen LogP contribution in [0.15, 0.2) is 54.7 Å². The standard InChI is InChI=1S/C21H22ClF3N4OS/c22-10-9-16(12-26)28-20(30)18(14-31-13-17-8-4-5-11-27-17)29-19(21(23,24)25)15-6-2-1-3-7-15/h1-8,11,16,18-19,29H,9-10,13-14H2,(H,28,30)/t16?,18-,19-/m0/s1. The summed E-state index contributed by atoms with van der Waals surface area (Å²) in [5.41, 5.74) is 0.749. The van der Waals surface area contributed by atoms with Crippen LogP contribution < -0.4 is 10.6 Å². The van der Waals surface area contributed by atoms with Gasteiger partial charge in [-0.15, -0.1) is 11.6 Å². The molecule has 0 aliphatic rings. The van der Waals surface area contributed by atoms with Gasteiger partial charge < -0.3 is 5.32 Å². The highest BCUT2D eigenvalue weighted by atomic mass is 35.5. The first-order valence-electron chi connectivity index (χ1n) is 9.46. The van der Waals surface area contributed by atoms with Crippen LogP contribution >= 0.6 is 23.4 Å². The Morgan fingerprint density at radius 1 is 1.19 bits per heavy atom. The molecule has 0 aliphatic carbocycles. The van der Waals surface area contributed by atoms with Gasteiger partial charge in [-0.05, 0) is 24.1 Å². The number of halogens is 4. The number of pyridine rings is 1. The van der Waals surface area contributed by atoms with Gasteiger partial charge in [0.1, 0.15) is 12.1 Å². The van der Waals surface area contributed by atoms with Crippen molar-refractivity contribution >= 4 is 29.3 Å². The minimum absolute atomic E-state index is 0.000109. The van der Waals surface area contributed by atoms with E-state index in [1.54, 1.807) is 24.4 Å². The third-order valence-corrected chi connectivity index (χ3v) is 5.56. The Labute approximate surface area is 188 Å². The molecule has 0 bridgehead atoms. The first-order chi connectivity index (χ1) is 14.8. The molecular formula is C21H22ClF3N4OS. The van der Waals surface area contributed by atoms with E-state index >= 15 is 0 Å². The first kappa shape index (κ1) is 25.0. The largest absolute Gasteiger partial charge is 0.407 e. The molecular weight excluding hydrogens is 449 g/mol. The average molecular weight is 471 g/mol. The quantitative estimate of drug-likeness (QED) is 0.481. The van der Waals surface area contributed by atoms with Crippen molar-refractivity contribution in [3.8, 4) is 6.07 Å². The van der Waals surface area contributed by atoms with Crippen LogP contribution in [0.25, 0.3) is 0 Å². The fraction of sp³-hybridized carbons (Fsp3) is 0.381. The van der Waals surface area contributed by atoms with Gasteiger partial charge in [-0.2, -0.15) is 30.2 Å². The lowest BCUT2D eigenvalue weighted by Gasteiger charge is -2.28. The van der Waals surface area contributed by atoms with E-state index in [9.17, 15) is 18.0 Å². The summed E-state index contributed by atoms with van der Waals surface area (Å²) < 4.78 is 41.4. The van der Waals surface area contributed by atoms with Gasteiger partial charge in [-0.3, -0.25) is 15.1 Å². The number of hydrogen-bond acceptors (Lipinski definition) is 5. The van der Waals surface area contributed by atoms with Gasteiger partial charge >= 0.3 is 6.18 Å². The Morgan fingerprint density at radius 3 is 2.48 bits per heavy atom. The Balaban J connectivity index is 2.17. The molecule has 0 aliphatic heterocycles. The molecule has 0 spiro atoms. The van der Waals surface area contributed by atoms with Crippen LogP contribution in [0.5, 0.6) is 0 Å². The predicted molar refractivity (Wildman–Crippen MR) is 115 cm³/mol. The molecule has 0 fully saturated rings. The topological polar surface area (TPSA) is 77.8 Å². The van der Waals surface area contributed by atoms with E-state index in [0.29, 0.717) is 5.75 Å². The fourth-order valence-electron chi connectivity index (χ4n) is 2.74. The zero-order valence-corrected chi connectivity index (χ0v) is 18.1. The summed E-state index contributed by atoms with van der Waals surface area (Å²) in [5, 5.41) is 14.1. The van der Waals surface area contributed by atoms with Gasteiger partial charge in [0, 0.05) is 23.6 Å². The van der Waals surface area contributed by atoms with Gasteiger partial charge in [0.05, 0.1) is 17.8 Å². The lowest BCUT2D eigenvalue weighted by molar-refractivity contribution is -0.160. The predicted octanol–water partition coefficient (Wildman–Crippen LogP) is 4.21. The minimum atomic E-state index is -4.61.